The number of aromatic nitrogens is 2. The highest BCUT2D eigenvalue weighted by atomic mass is 79.9. The van der Waals surface area contributed by atoms with Gasteiger partial charge in [0.25, 0.3) is 0 Å². The second-order valence-corrected chi connectivity index (χ2v) is 5.32. The second kappa shape index (κ2) is 5.76. The van der Waals surface area contributed by atoms with Gasteiger partial charge in [-0.25, -0.2) is 9.48 Å². The van der Waals surface area contributed by atoms with Crippen molar-refractivity contribution in [2.24, 2.45) is 0 Å². The van der Waals surface area contributed by atoms with Gasteiger partial charge < -0.3 is 5.11 Å². The molecular weight excluding hydrogens is 348 g/mol. The molecule has 0 radical (unpaired) electrons. The number of hydrogen-bond acceptors (Lipinski definition) is 3. The Hall–Kier alpha value is -1.66. The van der Waals surface area contributed by atoms with Crippen LogP contribution in [0.4, 0.5) is 0 Å². The highest BCUT2D eigenvalue weighted by Gasteiger charge is 2.16. The van der Waals surface area contributed by atoms with E-state index in [0.29, 0.717) is 27.2 Å². The minimum atomic E-state index is -1.35. The number of carboxylic acid groups (broad SMARTS) is 1. The van der Waals surface area contributed by atoms with Gasteiger partial charge in [-0.1, -0.05) is 18.5 Å². The Morgan fingerprint density at radius 2 is 2.20 bits per heavy atom. The Balaban J connectivity index is 2.75. The average Bonchev–Trinajstić information content (AvgIpc) is 2.41. The number of nitrogens with zero attached hydrogens (tertiary/aromatic N) is 2. The summed E-state index contributed by atoms with van der Waals surface area (Å²) in [6.07, 6.45) is 1.94. The van der Waals surface area contributed by atoms with Crippen molar-refractivity contribution < 1.29 is 9.90 Å². The van der Waals surface area contributed by atoms with Crippen molar-refractivity contribution in [1.29, 1.82) is 0 Å². The molecule has 0 aliphatic carbocycles. The van der Waals surface area contributed by atoms with E-state index < -0.39 is 17.1 Å². The first-order valence-electron chi connectivity index (χ1n) is 5.75. The lowest BCUT2D eigenvalue weighted by molar-refractivity contribution is 0.0686. The number of aryl methyl sites for hydroxylation is 1. The van der Waals surface area contributed by atoms with Gasteiger partial charge in [0.15, 0.2) is 0 Å². The van der Waals surface area contributed by atoms with E-state index in [0.717, 1.165) is 0 Å². The first-order valence-corrected chi connectivity index (χ1v) is 6.92. The van der Waals surface area contributed by atoms with Crippen molar-refractivity contribution in [2.45, 2.75) is 13.3 Å². The number of hydrogen-bond donors (Lipinski definition) is 1. The van der Waals surface area contributed by atoms with E-state index in [1.54, 1.807) is 25.1 Å². The van der Waals surface area contributed by atoms with E-state index in [-0.39, 0.29) is 0 Å². The fourth-order valence-corrected chi connectivity index (χ4v) is 2.31. The van der Waals surface area contributed by atoms with Crippen LogP contribution < -0.4 is 5.43 Å². The fourth-order valence-electron chi connectivity index (χ4n) is 1.72. The molecule has 0 amide bonds. The normalized spacial score (nSPS) is 10.6. The summed E-state index contributed by atoms with van der Waals surface area (Å²) in [4.78, 5) is 23.0. The molecule has 20 heavy (non-hydrogen) atoms. The van der Waals surface area contributed by atoms with Crippen molar-refractivity contribution in [3.63, 3.8) is 0 Å². The minimum absolute atomic E-state index is 0.379. The van der Waals surface area contributed by atoms with Crippen LogP contribution in [0.1, 0.15) is 23.0 Å². The van der Waals surface area contributed by atoms with Crippen LogP contribution in [0.2, 0.25) is 5.02 Å². The zero-order valence-electron chi connectivity index (χ0n) is 10.4. The molecule has 1 aromatic carbocycles. The monoisotopic (exact) mass is 356 g/mol. The molecule has 0 aliphatic rings. The molecule has 7 heteroatoms. The molecule has 1 heterocycles. The molecule has 2 rings (SSSR count). The molecular formula is C13H10BrClN2O3. The van der Waals surface area contributed by atoms with E-state index in [2.05, 4.69) is 21.0 Å². The Bertz CT molecular complexity index is 743. The highest BCUT2D eigenvalue weighted by Crippen LogP contribution is 2.24. The molecule has 0 aliphatic heterocycles. The number of rotatable bonds is 3. The van der Waals surface area contributed by atoms with E-state index in [1.165, 1.54) is 10.9 Å². The average molecular weight is 358 g/mol. The highest BCUT2D eigenvalue weighted by molar-refractivity contribution is 9.10. The first kappa shape index (κ1) is 14.7. The zero-order valence-corrected chi connectivity index (χ0v) is 12.8. The van der Waals surface area contributed by atoms with Crippen LogP contribution in [-0.4, -0.2) is 20.9 Å². The molecule has 1 aromatic heterocycles. The third-order valence-corrected chi connectivity index (χ3v) is 3.64. The van der Waals surface area contributed by atoms with Gasteiger partial charge in [0, 0.05) is 21.3 Å². The van der Waals surface area contributed by atoms with Crippen molar-refractivity contribution >= 4 is 33.5 Å². The maximum atomic E-state index is 11.9. The second-order valence-electron chi connectivity index (χ2n) is 4.03. The Kier molecular flexibility index (Phi) is 4.25. The van der Waals surface area contributed by atoms with Crippen molar-refractivity contribution in [3.05, 3.63) is 55.4 Å². The van der Waals surface area contributed by atoms with Gasteiger partial charge in [0.05, 0.1) is 5.69 Å². The van der Waals surface area contributed by atoms with Crippen LogP contribution in [0.3, 0.4) is 0 Å². The number of halogens is 2. The largest absolute Gasteiger partial charge is 0.476 e. The molecule has 0 atom stereocenters. The molecule has 0 unspecified atom stereocenters. The summed E-state index contributed by atoms with van der Waals surface area (Å²) in [5.74, 6) is -1.35. The summed E-state index contributed by atoms with van der Waals surface area (Å²) in [5, 5.41) is 13.4. The number of carboxylic acids is 1. The SMILES string of the molecule is CCc1cn(-c2cc(Cl)ccc2Br)nc(C(=O)O)c1=O. The van der Waals surface area contributed by atoms with E-state index >= 15 is 0 Å². The Labute approximate surface area is 127 Å². The van der Waals surface area contributed by atoms with E-state index in [4.69, 9.17) is 16.7 Å². The zero-order chi connectivity index (χ0) is 14.9. The van der Waals surface area contributed by atoms with Gasteiger partial charge in [-0.2, -0.15) is 5.10 Å². The number of aromatic carboxylic acids is 1. The number of benzene rings is 1. The molecule has 104 valence electrons. The lowest BCUT2D eigenvalue weighted by atomic mass is 10.2. The maximum Gasteiger partial charge on any atom is 0.360 e. The first-order chi connectivity index (χ1) is 9.43. The molecule has 0 saturated heterocycles. The summed E-state index contributed by atoms with van der Waals surface area (Å²) in [6, 6.07) is 5.05. The van der Waals surface area contributed by atoms with Crippen LogP contribution in [0.15, 0.2) is 33.7 Å². The fraction of sp³-hybridized carbons (Fsp3) is 0.154. The van der Waals surface area contributed by atoms with Crippen LogP contribution in [0, 0.1) is 0 Å². The summed E-state index contributed by atoms with van der Waals surface area (Å²) in [6.45, 7) is 1.78. The molecule has 2 aromatic rings. The van der Waals surface area contributed by atoms with E-state index in [1.807, 2.05) is 0 Å². The van der Waals surface area contributed by atoms with Gasteiger partial charge in [-0.3, -0.25) is 4.79 Å². The van der Waals surface area contributed by atoms with Crippen molar-refractivity contribution in [3.8, 4) is 5.69 Å². The lowest BCUT2D eigenvalue weighted by Crippen LogP contribution is -2.24. The topological polar surface area (TPSA) is 72.2 Å². The lowest BCUT2D eigenvalue weighted by Gasteiger charge is -2.10. The summed E-state index contributed by atoms with van der Waals surface area (Å²) >= 11 is 9.28. The molecule has 0 spiro atoms. The maximum absolute atomic E-state index is 11.9. The van der Waals surface area contributed by atoms with Crippen LogP contribution in [-0.2, 0) is 6.42 Å². The number of carbonyl (C=O) groups is 1. The molecule has 1 N–H and O–H groups in total. The van der Waals surface area contributed by atoms with Crippen molar-refractivity contribution in [1.82, 2.24) is 9.78 Å². The predicted octanol–water partition coefficient (Wildman–Crippen LogP) is 2.91. The Morgan fingerprint density at radius 3 is 2.80 bits per heavy atom. The van der Waals surface area contributed by atoms with Gasteiger partial charge in [0.2, 0.25) is 11.1 Å². The van der Waals surface area contributed by atoms with Crippen LogP contribution in [0.25, 0.3) is 5.69 Å². The van der Waals surface area contributed by atoms with Crippen LogP contribution >= 0.6 is 27.5 Å². The third-order valence-electron chi connectivity index (χ3n) is 2.73. The quantitative estimate of drug-likeness (QED) is 0.917. The standard InChI is InChI=1S/C13H10BrClN2O3/c1-2-7-6-17(16-11(12(7)18)13(19)20)10-5-8(15)3-4-9(10)14/h3-6H,2H2,1H3,(H,19,20). The minimum Gasteiger partial charge on any atom is -0.476 e. The summed E-state index contributed by atoms with van der Waals surface area (Å²) < 4.78 is 2.04. The van der Waals surface area contributed by atoms with Gasteiger partial charge in [0.1, 0.15) is 0 Å². The molecule has 5 nitrogen and oxygen atoms in total. The summed E-state index contributed by atoms with van der Waals surface area (Å²) in [7, 11) is 0. The molecule has 0 fully saturated rings. The van der Waals surface area contributed by atoms with Gasteiger partial charge in [-0.05, 0) is 40.5 Å². The molecule has 0 bridgehead atoms. The molecule has 0 saturated carbocycles. The third kappa shape index (κ3) is 2.76. The van der Waals surface area contributed by atoms with Gasteiger partial charge in [-0.15, -0.1) is 0 Å². The van der Waals surface area contributed by atoms with E-state index in [9.17, 15) is 9.59 Å². The Morgan fingerprint density at radius 1 is 1.50 bits per heavy atom. The smallest absolute Gasteiger partial charge is 0.360 e. The van der Waals surface area contributed by atoms with Crippen LogP contribution in [0.5, 0.6) is 0 Å². The van der Waals surface area contributed by atoms with Crippen molar-refractivity contribution in [2.75, 3.05) is 0 Å². The predicted molar refractivity (Wildman–Crippen MR) is 78.9 cm³/mol. The van der Waals surface area contributed by atoms with Gasteiger partial charge >= 0.3 is 5.97 Å². The summed E-state index contributed by atoms with van der Waals surface area (Å²) in [5.41, 5.74) is -0.121.